The van der Waals surface area contributed by atoms with E-state index in [0.717, 1.165) is 33.3 Å². The number of rotatable bonds is 11. The highest BCUT2D eigenvalue weighted by Crippen LogP contribution is 2.22. The number of carbonyl (C=O) groups is 2. The number of methoxy groups -OCH3 is 1. The van der Waals surface area contributed by atoms with Gasteiger partial charge < -0.3 is 19.3 Å². The van der Waals surface area contributed by atoms with Crippen LogP contribution in [-0.2, 0) is 29.0 Å². The first kappa shape index (κ1) is 30.0. The van der Waals surface area contributed by atoms with Crippen LogP contribution in [0.25, 0.3) is 33.9 Å². The first-order valence-electron chi connectivity index (χ1n) is 15.0. The van der Waals surface area contributed by atoms with Crippen LogP contribution in [0.1, 0.15) is 16.7 Å². The van der Waals surface area contributed by atoms with Crippen molar-refractivity contribution in [3.8, 4) is 28.8 Å². The lowest BCUT2D eigenvalue weighted by Gasteiger charge is -2.06. The predicted molar refractivity (Wildman–Crippen MR) is 178 cm³/mol. The second-order valence-corrected chi connectivity index (χ2v) is 10.9. The highest BCUT2D eigenvalue weighted by molar-refractivity contribution is 5.91. The minimum absolute atomic E-state index is 0.109. The molecule has 7 aromatic rings. The molecule has 238 valence electrons. The maximum absolute atomic E-state index is 12.8. The van der Waals surface area contributed by atoms with Crippen molar-refractivity contribution in [2.45, 2.75) is 19.4 Å². The van der Waals surface area contributed by atoms with E-state index >= 15 is 0 Å². The van der Waals surface area contributed by atoms with E-state index in [-0.39, 0.29) is 36.7 Å². The summed E-state index contributed by atoms with van der Waals surface area (Å²) in [4.78, 5) is 40.1. The summed E-state index contributed by atoms with van der Waals surface area (Å²) >= 11 is 0. The molecular formula is C34H29N11O3. The van der Waals surface area contributed by atoms with Crippen LogP contribution in [0.3, 0.4) is 0 Å². The number of benzene rings is 2. The molecule has 14 heteroatoms. The fourth-order valence-corrected chi connectivity index (χ4v) is 5.23. The van der Waals surface area contributed by atoms with Gasteiger partial charge in [0.1, 0.15) is 23.7 Å². The molecular weight excluding hydrogens is 610 g/mol. The lowest BCUT2D eigenvalue weighted by molar-refractivity contribution is -0.117. The molecule has 0 aliphatic carbocycles. The van der Waals surface area contributed by atoms with E-state index in [4.69, 9.17) is 4.74 Å². The molecule has 0 fully saturated rings. The molecule has 0 radical (unpaired) electrons. The Kier molecular flexibility index (Phi) is 8.33. The van der Waals surface area contributed by atoms with E-state index in [1.54, 1.807) is 25.6 Å². The predicted octanol–water partition coefficient (Wildman–Crippen LogP) is 4.42. The van der Waals surface area contributed by atoms with Crippen LogP contribution < -0.4 is 15.4 Å². The molecule has 14 nitrogen and oxygen atoms in total. The van der Waals surface area contributed by atoms with E-state index in [2.05, 4.69) is 51.0 Å². The van der Waals surface area contributed by atoms with Crippen molar-refractivity contribution < 1.29 is 14.3 Å². The van der Waals surface area contributed by atoms with Crippen LogP contribution in [0, 0.1) is 0 Å². The zero-order chi connectivity index (χ0) is 32.9. The van der Waals surface area contributed by atoms with Gasteiger partial charge in [0.15, 0.2) is 11.6 Å². The summed E-state index contributed by atoms with van der Waals surface area (Å²) in [6.07, 6.45) is 6.05. The van der Waals surface area contributed by atoms with Crippen LogP contribution in [0.15, 0.2) is 97.5 Å². The minimum atomic E-state index is -0.249. The summed E-state index contributed by atoms with van der Waals surface area (Å²) in [5.41, 5.74) is 5.09. The number of anilines is 2. The molecule has 0 aliphatic rings. The van der Waals surface area contributed by atoms with Crippen LogP contribution in [0.2, 0.25) is 0 Å². The van der Waals surface area contributed by atoms with Crippen molar-refractivity contribution in [3.05, 3.63) is 114 Å². The van der Waals surface area contributed by atoms with Crippen LogP contribution in [-0.4, -0.2) is 63.8 Å². The van der Waals surface area contributed by atoms with Crippen molar-refractivity contribution >= 4 is 34.6 Å². The van der Waals surface area contributed by atoms with Gasteiger partial charge in [-0.1, -0.05) is 30.3 Å². The number of H-pyrrole nitrogens is 2. The van der Waals surface area contributed by atoms with Gasteiger partial charge in [0.2, 0.25) is 23.7 Å². The highest BCUT2D eigenvalue weighted by Gasteiger charge is 2.13. The molecule has 48 heavy (non-hydrogen) atoms. The summed E-state index contributed by atoms with van der Waals surface area (Å²) in [6, 6.07) is 24.8. The molecule has 5 heterocycles. The van der Waals surface area contributed by atoms with Gasteiger partial charge in [-0.2, -0.15) is 0 Å². The second kappa shape index (κ2) is 13.3. The van der Waals surface area contributed by atoms with E-state index in [1.807, 2.05) is 83.6 Å². The molecule has 0 saturated heterocycles. The molecule has 2 aromatic carbocycles. The number of hydrogen-bond donors (Lipinski definition) is 4. The number of amides is 2. The molecule has 0 saturated carbocycles. The van der Waals surface area contributed by atoms with Crippen molar-refractivity contribution in [1.29, 1.82) is 0 Å². The normalized spacial score (nSPS) is 11.0. The first-order valence-corrected chi connectivity index (χ1v) is 15.0. The third-order valence-corrected chi connectivity index (χ3v) is 7.55. The van der Waals surface area contributed by atoms with Crippen molar-refractivity contribution in [3.63, 3.8) is 0 Å². The molecule has 7 rings (SSSR count). The number of nitrogens with zero attached hydrogens (tertiary/aromatic N) is 7. The molecule has 0 unspecified atom stereocenters. The Morgan fingerprint density at radius 1 is 0.729 bits per heavy atom. The van der Waals surface area contributed by atoms with Gasteiger partial charge in [-0.15, -0.1) is 20.4 Å². The Morgan fingerprint density at radius 3 is 2.21 bits per heavy atom. The van der Waals surface area contributed by atoms with Crippen molar-refractivity contribution in [2.24, 2.45) is 0 Å². The van der Waals surface area contributed by atoms with Crippen molar-refractivity contribution in [2.75, 3.05) is 17.7 Å². The van der Waals surface area contributed by atoms with E-state index in [0.29, 0.717) is 29.5 Å². The fourth-order valence-electron chi connectivity index (χ4n) is 5.23. The largest absolute Gasteiger partial charge is 0.497 e. The number of carbonyl (C=O) groups excluding carboxylic acids is 2. The maximum atomic E-state index is 12.8. The monoisotopic (exact) mass is 639 g/mol. The topological polar surface area (TPSA) is 181 Å². The van der Waals surface area contributed by atoms with Gasteiger partial charge in [-0.3, -0.25) is 30.2 Å². The number of nitrogens with one attached hydrogen (secondary N) is 4. The summed E-state index contributed by atoms with van der Waals surface area (Å²) in [6.45, 7) is 0.109. The summed E-state index contributed by atoms with van der Waals surface area (Å²) < 4.78 is 7.13. The van der Waals surface area contributed by atoms with Gasteiger partial charge in [0.25, 0.3) is 0 Å². The fraction of sp³-hybridized carbons (Fsp3) is 0.118. The van der Waals surface area contributed by atoms with Crippen LogP contribution in [0.5, 0.6) is 5.75 Å². The van der Waals surface area contributed by atoms with Gasteiger partial charge in [0, 0.05) is 29.5 Å². The highest BCUT2D eigenvalue weighted by atomic mass is 16.5. The maximum Gasteiger partial charge on any atom is 0.246 e. The molecule has 0 bridgehead atoms. The van der Waals surface area contributed by atoms with Crippen LogP contribution >= 0.6 is 0 Å². The van der Waals surface area contributed by atoms with Gasteiger partial charge in [-0.25, -0.2) is 0 Å². The van der Waals surface area contributed by atoms with Crippen molar-refractivity contribution in [1.82, 2.24) is 44.9 Å². The van der Waals surface area contributed by atoms with E-state index < -0.39 is 0 Å². The molecule has 4 N–H and O–H groups in total. The van der Waals surface area contributed by atoms with Crippen LogP contribution in [0.4, 0.5) is 11.9 Å². The summed E-state index contributed by atoms with van der Waals surface area (Å²) in [5.74, 6) is 1.70. The number of hydrogen-bond acceptors (Lipinski definition) is 9. The summed E-state index contributed by atoms with van der Waals surface area (Å²) in [7, 11) is 1.62. The third-order valence-electron chi connectivity index (χ3n) is 7.55. The molecule has 0 atom stereocenters. The summed E-state index contributed by atoms with van der Waals surface area (Å²) in [5, 5.41) is 22.8. The number of fused-ring (bicyclic) bond motifs is 1. The van der Waals surface area contributed by atoms with E-state index in [1.165, 1.54) is 0 Å². The Morgan fingerprint density at radius 2 is 1.46 bits per heavy atom. The zero-order valence-corrected chi connectivity index (χ0v) is 25.7. The lowest BCUT2D eigenvalue weighted by atomic mass is 10.0. The minimum Gasteiger partial charge on any atom is -0.497 e. The Hall–Kier alpha value is -6.70. The number of ether oxygens (including phenoxy) is 1. The van der Waals surface area contributed by atoms with Gasteiger partial charge in [-0.05, 0) is 71.6 Å². The zero-order valence-electron chi connectivity index (χ0n) is 25.7. The SMILES string of the molecule is COc1ccc2c(ccn2CC(=O)Nc2nnc(-c3cc(Cc4ccc(CC(=O)Nc5nnc(-c6ccccn6)[nH]5)cc4)ccn3)[nH]2)c1. The van der Waals surface area contributed by atoms with Gasteiger partial charge in [0.05, 0.1) is 13.5 Å². The average molecular weight is 640 g/mol. The number of aromatic nitrogens is 9. The first-order chi connectivity index (χ1) is 23.5. The molecule has 2 amide bonds. The smallest absolute Gasteiger partial charge is 0.246 e. The second-order valence-electron chi connectivity index (χ2n) is 10.9. The van der Waals surface area contributed by atoms with E-state index in [9.17, 15) is 9.59 Å². The molecule has 0 spiro atoms. The number of pyridine rings is 2. The Bertz CT molecular complexity index is 2200. The molecule has 0 aliphatic heterocycles. The quantitative estimate of drug-likeness (QED) is 0.159. The average Bonchev–Trinajstić information content (AvgIpc) is 3.87. The Labute approximate surface area is 273 Å². The lowest BCUT2D eigenvalue weighted by Crippen LogP contribution is -2.19. The third kappa shape index (κ3) is 6.92. The number of aromatic amines is 2. The standard InChI is InChI=1S/C34H29N11O3/c1-48-25-9-10-28-24(19-25)12-15-45(28)20-30(47)38-34-40-32(42-44-34)27-17-23(11-14-36-27)16-21-5-7-22(8-6-21)18-29(46)37-33-39-31(41-43-33)26-4-2-3-13-35-26/h2-15,17,19H,16,18,20H2,1H3,(H2,37,39,41,43,46)(H2,38,40,42,44,47). The Balaban J connectivity index is 0.929. The molecule has 5 aromatic heterocycles. The van der Waals surface area contributed by atoms with Gasteiger partial charge >= 0.3 is 0 Å².